The topological polar surface area (TPSA) is 166 Å². The van der Waals surface area contributed by atoms with Gasteiger partial charge >= 0.3 is 5.97 Å². The number of aliphatic hydroxyl groups excluding tert-OH is 3. The molecule has 3 saturated heterocycles. The summed E-state index contributed by atoms with van der Waals surface area (Å²) < 4.78 is 44.6. The Morgan fingerprint density at radius 3 is 2.18 bits per heavy atom. The molecule has 0 aromatic heterocycles. The Hall–Kier alpha value is -1.39. The summed E-state index contributed by atoms with van der Waals surface area (Å²) in [6.45, 7) is 18.0. The zero-order valence-corrected chi connectivity index (χ0v) is 32.4. The van der Waals surface area contributed by atoms with Gasteiger partial charge in [0.15, 0.2) is 12.6 Å². The molecule has 4 N–H and O–H groups in total. The van der Waals surface area contributed by atoms with E-state index in [0.29, 0.717) is 18.6 Å². The molecule has 13 heteroatoms. The number of nitrogens with zero attached hydrogens (tertiary/aromatic N) is 1. The molecule has 4 rings (SSSR count). The number of ether oxygens (including phenoxy) is 7. The quantitative estimate of drug-likeness (QED) is 0.285. The Labute approximate surface area is 298 Å². The van der Waals surface area contributed by atoms with Gasteiger partial charge in [-0.1, -0.05) is 20.8 Å². The summed E-state index contributed by atoms with van der Waals surface area (Å²) in [4.78, 5) is 16.1. The standard InChI is InChI=1S/C37H65NO12/c1-14-25-37(10,43)30(40)20(4)28-18(2)16-36(9,50-28)32(49-34-27(39)24(38(11)12)15-19(3)45-34)21(5)29(22(6)33(42)47-25)48-26-17-35(8,44-13)31(41)23(7)46-26/h19-27,29-32,34,39-41,43H,14-17H2,1-13H3/t19-,20?,21+,22-,23+,24?,25-,26?,27?,29?,30?,31?,32?,34?,35-,36-,37?/m1/s1. The van der Waals surface area contributed by atoms with Crippen LogP contribution < -0.4 is 0 Å². The highest BCUT2D eigenvalue weighted by atomic mass is 16.7. The van der Waals surface area contributed by atoms with Crippen molar-refractivity contribution in [3.63, 3.8) is 0 Å². The molecule has 50 heavy (non-hydrogen) atoms. The van der Waals surface area contributed by atoms with E-state index in [1.54, 1.807) is 34.6 Å². The van der Waals surface area contributed by atoms with E-state index in [2.05, 4.69) is 0 Å². The monoisotopic (exact) mass is 715 g/mol. The van der Waals surface area contributed by atoms with Gasteiger partial charge in [-0.3, -0.25) is 4.79 Å². The van der Waals surface area contributed by atoms with Gasteiger partial charge in [-0.25, -0.2) is 0 Å². The third-order valence-electron chi connectivity index (χ3n) is 12.0. The van der Waals surface area contributed by atoms with Crippen molar-refractivity contribution in [3.8, 4) is 0 Å². The molecule has 4 aliphatic heterocycles. The number of esters is 1. The van der Waals surface area contributed by atoms with Gasteiger partial charge in [0.2, 0.25) is 0 Å². The van der Waals surface area contributed by atoms with Crippen LogP contribution in [0.1, 0.15) is 94.9 Å². The maximum atomic E-state index is 14.1. The third-order valence-corrected chi connectivity index (χ3v) is 12.0. The van der Waals surface area contributed by atoms with E-state index in [4.69, 9.17) is 33.2 Å². The molecule has 4 aliphatic rings. The number of aliphatic hydroxyl groups is 4. The van der Waals surface area contributed by atoms with E-state index in [-0.39, 0.29) is 25.0 Å². The van der Waals surface area contributed by atoms with E-state index in [1.165, 1.54) is 14.0 Å². The molecular weight excluding hydrogens is 650 g/mol. The van der Waals surface area contributed by atoms with Crippen molar-refractivity contribution in [3.05, 3.63) is 11.3 Å². The fourth-order valence-electron chi connectivity index (χ4n) is 8.73. The van der Waals surface area contributed by atoms with Gasteiger partial charge in [-0.2, -0.15) is 0 Å². The molecule has 3 fully saturated rings. The Balaban J connectivity index is 1.84. The lowest BCUT2D eigenvalue weighted by Gasteiger charge is -2.48. The fourth-order valence-corrected chi connectivity index (χ4v) is 8.73. The first-order chi connectivity index (χ1) is 23.1. The van der Waals surface area contributed by atoms with Crippen molar-refractivity contribution in [1.82, 2.24) is 4.90 Å². The Morgan fingerprint density at radius 1 is 0.960 bits per heavy atom. The Morgan fingerprint density at radius 2 is 1.60 bits per heavy atom. The number of carbonyl (C=O) groups is 1. The summed E-state index contributed by atoms with van der Waals surface area (Å²) in [5.41, 5.74) is -3.00. The predicted octanol–water partition coefficient (Wildman–Crippen LogP) is 2.89. The molecule has 0 saturated carbocycles. The predicted molar refractivity (Wildman–Crippen MR) is 184 cm³/mol. The van der Waals surface area contributed by atoms with Crippen molar-refractivity contribution in [2.45, 2.75) is 179 Å². The number of methoxy groups -OCH3 is 1. The number of hydrogen-bond acceptors (Lipinski definition) is 13. The van der Waals surface area contributed by atoms with Crippen molar-refractivity contribution in [2.24, 2.45) is 17.8 Å². The van der Waals surface area contributed by atoms with Crippen LogP contribution in [-0.4, -0.2) is 137 Å². The molecule has 0 spiro atoms. The van der Waals surface area contributed by atoms with Crippen molar-refractivity contribution < 1.29 is 58.4 Å². The van der Waals surface area contributed by atoms with Crippen LogP contribution in [0.2, 0.25) is 0 Å². The lowest BCUT2D eigenvalue weighted by molar-refractivity contribution is -0.316. The van der Waals surface area contributed by atoms with Gasteiger partial charge in [0.25, 0.3) is 0 Å². The average Bonchev–Trinajstić information content (AvgIpc) is 3.37. The van der Waals surface area contributed by atoms with Crippen LogP contribution in [0.25, 0.3) is 0 Å². The summed E-state index contributed by atoms with van der Waals surface area (Å²) in [5.74, 6) is -2.31. The molecule has 290 valence electrons. The van der Waals surface area contributed by atoms with Crippen LogP contribution in [0.4, 0.5) is 0 Å². The van der Waals surface area contributed by atoms with Gasteiger partial charge in [-0.05, 0) is 81.0 Å². The summed E-state index contributed by atoms with van der Waals surface area (Å²) in [6, 6.07) is -0.235. The SMILES string of the molecule is CC[C@H]1OC(=O)[C@H](C)C(OC2C[C@@](C)(OC)C(O)[C@H](C)O2)[C@H](C)C(OC2O[C@H](C)CC(N(C)C)C2O)[C@@]2(C)CC(C)=C(O2)C(C)C(O)C1(C)O. The van der Waals surface area contributed by atoms with Crippen molar-refractivity contribution in [1.29, 1.82) is 0 Å². The summed E-state index contributed by atoms with van der Waals surface area (Å²) >= 11 is 0. The van der Waals surface area contributed by atoms with Crippen molar-refractivity contribution in [2.75, 3.05) is 21.2 Å². The van der Waals surface area contributed by atoms with Crippen LogP contribution in [0, 0.1) is 17.8 Å². The highest BCUT2D eigenvalue weighted by Crippen LogP contribution is 2.47. The number of fused-ring (bicyclic) bond motifs is 2. The molecule has 4 heterocycles. The Kier molecular flexibility index (Phi) is 12.8. The number of likely N-dealkylation sites (N-methyl/N-ethyl adjacent to an activating group) is 1. The third kappa shape index (κ3) is 7.93. The molecule has 0 aliphatic carbocycles. The second-order valence-corrected chi connectivity index (χ2v) is 16.3. The maximum absolute atomic E-state index is 14.1. The molecule has 10 unspecified atom stereocenters. The second kappa shape index (κ2) is 15.5. The summed E-state index contributed by atoms with van der Waals surface area (Å²) in [7, 11) is 5.34. The molecule has 0 amide bonds. The van der Waals surface area contributed by atoms with E-state index in [9.17, 15) is 25.2 Å². The minimum absolute atomic E-state index is 0.173. The minimum atomic E-state index is -1.82. The largest absolute Gasteiger partial charge is 0.489 e. The van der Waals surface area contributed by atoms with E-state index < -0.39 is 95.8 Å². The maximum Gasteiger partial charge on any atom is 0.311 e. The van der Waals surface area contributed by atoms with Crippen molar-refractivity contribution >= 4 is 5.97 Å². The van der Waals surface area contributed by atoms with Crippen LogP contribution in [0.3, 0.4) is 0 Å². The molecule has 0 aromatic rings. The highest BCUT2D eigenvalue weighted by Gasteiger charge is 2.56. The first-order valence-electron chi connectivity index (χ1n) is 18.3. The van der Waals surface area contributed by atoms with Crippen LogP contribution in [-0.2, 0) is 38.0 Å². The second-order valence-electron chi connectivity index (χ2n) is 16.3. The summed E-state index contributed by atoms with van der Waals surface area (Å²) in [5, 5.41) is 45.9. The number of rotatable bonds is 7. The van der Waals surface area contributed by atoms with Crippen LogP contribution >= 0.6 is 0 Å². The van der Waals surface area contributed by atoms with E-state index in [0.717, 1.165) is 5.57 Å². The number of hydrogen-bond donors (Lipinski definition) is 4. The number of carbonyl (C=O) groups excluding carboxylic acids is 1. The fraction of sp³-hybridized carbons (Fsp3) is 0.919. The Bertz CT molecular complexity index is 1210. The zero-order valence-electron chi connectivity index (χ0n) is 32.4. The van der Waals surface area contributed by atoms with Gasteiger partial charge in [-0.15, -0.1) is 0 Å². The van der Waals surface area contributed by atoms with Crippen LogP contribution in [0.15, 0.2) is 11.3 Å². The van der Waals surface area contributed by atoms with E-state index in [1.807, 2.05) is 46.7 Å². The molecule has 13 nitrogen and oxygen atoms in total. The smallest absolute Gasteiger partial charge is 0.311 e. The number of cyclic esters (lactones) is 1. The van der Waals surface area contributed by atoms with Gasteiger partial charge < -0.3 is 58.5 Å². The van der Waals surface area contributed by atoms with Gasteiger partial charge in [0, 0.05) is 37.8 Å². The molecule has 17 atom stereocenters. The molecule has 0 radical (unpaired) electrons. The highest BCUT2D eigenvalue weighted by molar-refractivity contribution is 5.73. The van der Waals surface area contributed by atoms with Crippen LogP contribution in [0.5, 0.6) is 0 Å². The lowest BCUT2D eigenvalue weighted by atomic mass is 9.78. The molecule has 2 bridgehead atoms. The first-order valence-corrected chi connectivity index (χ1v) is 18.3. The first kappa shape index (κ1) is 41.4. The molecular formula is C37H65NO12. The van der Waals surface area contributed by atoms with Gasteiger partial charge in [0.05, 0.1) is 35.9 Å². The zero-order chi connectivity index (χ0) is 37.7. The summed E-state index contributed by atoms with van der Waals surface area (Å²) in [6.07, 6.45) is -7.39. The average molecular weight is 716 g/mol. The molecule has 0 aromatic carbocycles. The van der Waals surface area contributed by atoms with E-state index >= 15 is 0 Å². The van der Waals surface area contributed by atoms with Gasteiger partial charge in [0.1, 0.15) is 41.4 Å². The minimum Gasteiger partial charge on any atom is -0.489 e. The normalized spacial score (nSPS) is 49.5. The lowest BCUT2D eigenvalue weighted by Crippen LogP contribution is -2.60.